The first-order valence-corrected chi connectivity index (χ1v) is 27.0. The summed E-state index contributed by atoms with van der Waals surface area (Å²) in [7, 11) is -16.5. The van der Waals surface area contributed by atoms with Crippen LogP contribution in [0.3, 0.4) is 0 Å². The molecule has 0 spiro atoms. The van der Waals surface area contributed by atoms with Gasteiger partial charge in [-0.15, -0.1) is 0 Å². The highest BCUT2D eigenvalue weighted by Crippen LogP contribution is 2.28. The molecular formula is C49H54N2O12S4. The Morgan fingerprint density at radius 3 is 1.00 bits per heavy atom. The number of sulfonamides is 2. The average Bonchev–Trinajstić information content (AvgIpc) is 3.30. The number of rotatable bonds is 24. The fraction of sp³-hybridized carbons (Fsp3) is 0.265. The van der Waals surface area contributed by atoms with Crippen LogP contribution in [-0.4, -0.2) is 81.8 Å². The van der Waals surface area contributed by atoms with Gasteiger partial charge in [0.15, 0.2) is 0 Å². The molecule has 0 aliphatic rings. The molecule has 0 unspecified atom stereocenters. The first-order valence-electron chi connectivity index (χ1n) is 21.3. The molecule has 0 atom stereocenters. The summed E-state index contributed by atoms with van der Waals surface area (Å²) in [4.78, 5) is 0.0928. The van der Waals surface area contributed by atoms with E-state index in [4.69, 9.17) is 17.8 Å². The van der Waals surface area contributed by atoms with Gasteiger partial charge in [-0.2, -0.15) is 25.4 Å². The molecule has 0 heterocycles. The molecule has 0 saturated carbocycles. The molecule has 0 aliphatic heterocycles. The van der Waals surface area contributed by atoms with Crippen LogP contribution in [-0.2, 0) is 61.7 Å². The van der Waals surface area contributed by atoms with Gasteiger partial charge >= 0.3 is 0 Å². The second kappa shape index (κ2) is 22.6. The number of para-hydroxylation sites is 2. The van der Waals surface area contributed by atoms with Crippen LogP contribution in [0.15, 0.2) is 165 Å². The van der Waals surface area contributed by atoms with Crippen molar-refractivity contribution in [3.05, 3.63) is 179 Å². The third-order valence-electron chi connectivity index (χ3n) is 10.5. The number of aryl methyl sites for hydroxylation is 4. The average molecular weight is 991 g/mol. The minimum absolute atomic E-state index is 0.00745. The van der Waals surface area contributed by atoms with Crippen molar-refractivity contribution in [2.45, 2.75) is 66.8 Å². The van der Waals surface area contributed by atoms with Crippen LogP contribution in [0.5, 0.6) is 11.5 Å². The lowest BCUT2D eigenvalue weighted by atomic mass is 10.2. The Bertz CT molecular complexity index is 2830. The molecule has 67 heavy (non-hydrogen) atoms. The van der Waals surface area contributed by atoms with Crippen molar-refractivity contribution in [3.63, 3.8) is 0 Å². The highest BCUT2D eigenvalue weighted by Gasteiger charge is 2.29. The monoisotopic (exact) mass is 990 g/mol. The van der Waals surface area contributed by atoms with Gasteiger partial charge in [0.05, 0.1) is 19.6 Å². The summed E-state index contributed by atoms with van der Waals surface area (Å²) in [6.07, 6.45) is 0.0532. The minimum atomic E-state index is -4.18. The molecule has 6 aromatic rings. The van der Waals surface area contributed by atoms with Crippen LogP contribution in [0.4, 0.5) is 0 Å². The van der Waals surface area contributed by atoms with Crippen molar-refractivity contribution in [3.8, 4) is 11.5 Å². The van der Waals surface area contributed by atoms with E-state index in [9.17, 15) is 33.7 Å². The van der Waals surface area contributed by atoms with Gasteiger partial charge in [-0.1, -0.05) is 107 Å². The van der Waals surface area contributed by atoms with E-state index in [0.29, 0.717) is 22.6 Å². The summed E-state index contributed by atoms with van der Waals surface area (Å²) in [6.45, 7) is 5.85. The highest BCUT2D eigenvalue weighted by molar-refractivity contribution is 7.89. The van der Waals surface area contributed by atoms with Crippen molar-refractivity contribution in [2.75, 3.05) is 39.5 Å². The minimum Gasteiger partial charge on any atom is -0.491 e. The summed E-state index contributed by atoms with van der Waals surface area (Å²) in [5.74, 6) is 0.613. The van der Waals surface area contributed by atoms with Gasteiger partial charge in [0.2, 0.25) is 20.0 Å². The third-order valence-corrected chi connectivity index (χ3v) is 16.9. The molecule has 0 saturated heterocycles. The lowest BCUT2D eigenvalue weighted by Crippen LogP contribution is -2.36. The number of hydrogen-bond acceptors (Lipinski definition) is 12. The van der Waals surface area contributed by atoms with E-state index in [2.05, 4.69) is 0 Å². The predicted molar refractivity (Wildman–Crippen MR) is 255 cm³/mol. The molecule has 14 nitrogen and oxygen atoms in total. The van der Waals surface area contributed by atoms with Crippen molar-refractivity contribution in [1.29, 1.82) is 0 Å². The summed E-state index contributed by atoms with van der Waals surface area (Å²) >= 11 is 0. The summed E-state index contributed by atoms with van der Waals surface area (Å²) in [5, 5.41) is 0. The van der Waals surface area contributed by atoms with Crippen LogP contribution >= 0.6 is 0 Å². The van der Waals surface area contributed by atoms with Crippen molar-refractivity contribution in [1.82, 2.24) is 8.61 Å². The standard InChI is InChI=1S/C49H54N2O12S4/c1-38-14-22-44(23-15-38)64(52,53)50(36-42-10-5-7-12-48(42)60-32-34-62-66(56,57)46-26-18-40(3)19-27-46)30-9-31-51(65(54,55)45-24-16-39(2)17-25-45)37-43-11-6-8-13-49(43)61-33-35-63-67(58,59)47-28-20-41(4)21-29-47/h5-8,10-29H,9,30-37H2,1-4H3. The third kappa shape index (κ3) is 13.8. The van der Waals surface area contributed by atoms with Gasteiger partial charge in [-0.05, 0) is 94.8 Å². The van der Waals surface area contributed by atoms with Crippen molar-refractivity contribution in [2.24, 2.45) is 0 Å². The predicted octanol–water partition coefficient (Wildman–Crippen LogP) is 7.96. The Hall–Kier alpha value is -5.44. The summed E-state index contributed by atoms with van der Waals surface area (Å²) in [5.41, 5.74) is 4.46. The maximum atomic E-state index is 14.4. The summed E-state index contributed by atoms with van der Waals surface area (Å²) < 4.78 is 134. The van der Waals surface area contributed by atoms with Gasteiger partial charge in [0.25, 0.3) is 20.2 Å². The van der Waals surface area contributed by atoms with Crippen molar-refractivity contribution < 1.29 is 51.5 Å². The van der Waals surface area contributed by atoms with E-state index < -0.39 is 40.3 Å². The fourth-order valence-electron chi connectivity index (χ4n) is 6.78. The smallest absolute Gasteiger partial charge is 0.297 e. The zero-order valence-corrected chi connectivity index (χ0v) is 40.9. The van der Waals surface area contributed by atoms with E-state index in [1.165, 1.54) is 57.1 Å². The maximum Gasteiger partial charge on any atom is 0.297 e. The van der Waals surface area contributed by atoms with E-state index in [-0.39, 0.29) is 78.6 Å². The Labute approximate surface area is 395 Å². The van der Waals surface area contributed by atoms with Gasteiger partial charge in [0, 0.05) is 37.3 Å². The largest absolute Gasteiger partial charge is 0.491 e. The van der Waals surface area contributed by atoms with Crippen molar-refractivity contribution >= 4 is 40.3 Å². The van der Waals surface area contributed by atoms with Crippen LogP contribution in [0, 0.1) is 27.7 Å². The van der Waals surface area contributed by atoms with Crippen LogP contribution in [0.1, 0.15) is 39.8 Å². The van der Waals surface area contributed by atoms with E-state index >= 15 is 0 Å². The highest BCUT2D eigenvalue weighted by atomic mass is 32.2. The zero-order chi connectivity index (χ0) is 48.2. The molecule has 0 bridgehead atoms. The van der Waals surface area contributed by atoms with Gasteiger partial charge < -0.3 is 9.47 Å². The molecule has 0 fully saturated rings. The maximum absolute atomic E-state index is 14.4. The SMILES string of the molecule is Cc1ccc(S(=O)(=O)OCCOc2ccccc2CN(CCCN(Cc2ccccc2OCCOS(=O)(=O)c2ccc(C)cc2)S(=O)(=O)c2ccc(C)cc2)S(=O)(=O)c2ccc(C)cc2)cc1. The normalized spacial score (nSPS) is 12.4. The molecule has 6 aromatic carbocycles. The van der Waals surface area contributed by atoms with E-state index in [1.807, 2.05) is 27.7 Å². The second-order valence-corrected chi connectivity index (χ2v) is 22.9. The fourth-order valence-corrected chi connectivity index (χ4v) is 11.5. The molecule has 6 rings (SSSR count). The number of ether oxygens (including phenoxy) is 2. The molecule has 0 aromatic heterocycles. The number of benzene rings is 6. The number of hydrogen-bond donors (Lipinski definition) is 0. The lowest BCUT2D eigenvalue weighted by molar-refractivity contribution is 0.218. The molecule has 0 radical (unpaired) electrons. The Morgan fingerprint density at radius 2 is 0.672 bits per heavy atom. The van der Waals surface area contributed by atoms with Gasteiger partial charge in [-0.25, -0.2) is 16.8 Å². The molecule has 356 valence electrons. The molecule has 0 amide bonds. The van der Waals surface area contributed by atoms with Crippen LogP contribution in [0.2, 0.25) is 0 Å². The topological polar surface area (TPSA) is 180 Å². The first kappa shape index (κ1) is 51.0. The number of nitrogens with zero attached hydrogens (tertiary/aromatic N) is 2. The zero-order valence-electron chi connectivity index (χ0n) is 37.6. The first-order chi connectivity index (χ1) is 31.8. The van der Waals surface area contributed by atoms with Crippen LogP contribution in [0.25, 0.3) is 0 Å². The Balaban J connectivity index is 1.20. The quantitative estimate of drug-likeness (QED) is 0.0423. The van der Waals surface area contributed by atoms with Crippen LogP contribution < -0.4 is 9.47 Å². The Kier molecular flexibility index (Phi) is 17.2. The van der Waals surface area contributed by atoms with Gasteiger partial charge in [-0.3, -0.25) is 8.37 Å². The van der Waals surface area contributed by atoms with Gasteiger partial charge in [0.1, 0.15) is 37.9 Å². The Morgan fingerprint density at radius 1 is 0.373 bits per heavy atom. The molecule has 0 aliphatic carbocycles. The molecular weight excluding hydrogens is 937 g/mol. The molecule has 18 heteroatoms. The van der Waals surface area contributed by atoms with E-state index in [0.717, 1.165) is 22.3 Å². The van der Waals surface area contributed by atoms with E-state index in [1.54, 1.807) is 97.1 Å². The molecule has 0 N–H and O–H groups in total. The summed E-state index contributed by atoms with van der Waals surface area (Å²) in [6, 6.07) is 38.9. The second-order valence-electron chi connectivity index (χ2n) is 15.7. The lowest BCUT2D eigenvalue weighted by Gasteiger charge is -2.27.